The maximum atomic E-state index is 3.62. The Balaban J connectivity index is 2.13. The third-order valence-corrected chi connectivity index (χ3v) is 3.69. The molecule has 0 amide bonds. The maximum absolute atomic E-state index is 3.62. The van der Waals surface area contributed by atoms with Crippen molar-refractivity contribution in [3.05, 3.63) is 35.4 Å². The van der Waals surface area contributed by atoms with E-state index in [9.17, 15) is 0 Å². The number of benzene rings is 1. The predicted molar refractivity (Wildman–Crippen MR) is 74.2 cm³/mol. The molecule has 1 aromatic carbocycles. The molecule has 1 nitrogen and oxygen atoms in total. The van der Waals surface area contributed by atoms with Gasteiger partial charge in [-0.2, -0.15) is 0 Å². The Labute approximate surface area is 106 Å². The van der Waals surface area contributed by atoms with Gasteiger partial charge in [0.2, 0.25) is 0 Å². The highest BCUT2D eigenvalue weighted by molar-refractivity contribution is 5.29. The first-order valence-corrected chi connectivity index (χ1v) is 6.74. The van der Waals surface area contributed by atoms with E-state index >= 15 is 0 Å². The van der Waals surface area contributed by atoms with Crippen LogP contribution in [-0.2, 0) is 12.0 Å². The van der Waals surface area contributed by atoms with E-state index in [-0.39, 0.29) is 5.54 Å². The molecular formula is C16H25N. The maximum Gasteiger partial charge on any atom is 0.0406 e. The van der Waals surface area contributed by atoms with E-state index in [1.807, 2.05) is 0 Å². The van der Waals surface area contributed by atoms with Crippen molar-refractivity contribution in [3.8, 4) is 0 Å². The van der Waals surface area contributed by atoms with Crippen molar-refractivity contribution in [2.24, 2.45) is 5.41 Å². The zero-order valence-electron chi connectivity index (χ0n) is 11.6. The summed E-state index contributed by atoms with van der Waals surface area (Å²) in [5, 5.41) is 3.62. The summed E-state index contributed by atoms with van der Waals surface area (Å²) in [5.74, 6) is 0. The summed E-state index contributed by atoms with van der Waals surface area (Å²) < 4.78 is 0. The van der Waals surface area contributed by atoms with Crippen molar-refractivity contribution in [2.45, 2.75) is 52.5 Å². The van der Waals surface area contributed by atoms with Crippen LogP contribution in [0.1, 0.15) is 51.7 Å². The Morgan fingerprint density at radius 2 is 1.82 bits per heavy atom. The number of nitrogens with one attached hydrogen (secondary N) is 1. The van der Waals surface area contributed by atoms with Gasteiger partial charge in [0, 0.05) is 5.54 Å². The van der Waals surface area contributed by atoms with Gasteiger partial charge < -0.3 is 5.32 Å². The minimum Gasteiger partial charge on any atom is -0.308 e. The summed E-state index contributed by atoms with van der Waals surface area (Å²) in [6.45, 7) is 10.3. The van der Waals surface area contributed by atoms with Crippen LogP contribution in [0.15, 0.2) is 24.3 Å². The summed E-state index contributed by atoms with van der Waals surface area (Å²) in [7, 11) is 0. The molecule has 1 saturated heterocycles. The fourth-order valence-electron chi connectivity index (χ4n) is 2.74. The van der Waals surface area contributed by atoms with Crippen LogP contribution in [0, 0.1) is 5.41 Å². The van der Waals surface area contributed by atoms with Crippen LogP contribution in [-0.4, -0.2) is 6.54 Å². The quantitative estimate of drug-likeness (QED) is 0.814. The highest BCUT2D eigenvalue weighted by atomic mass is 15.0. The molecule has 1 aliphatic rings. The Morgan fingerprint density at radius 1 is 1.18 bits per heavy atom. The van der Waals surface area contributed by atoms with Crippen LogP contribution in [0.5, 0.6) is 0 Å². The fraction of sp³-hybridized carbons (Fsp3) is 0.625. The minimum absolute atomic E-state index is 0.209. The molecule has 1 heteroatoms. The first-order chi connectivity index (χ1) is 7.89. The van der Waals surface area contributed by atoms with Crippen molar-refractivity contribution < 1.29 is 0 Å². The molecule has 0 spiro atoms. The lowest BCUT2D eigenvalue weighted by Crippen LogP contribution is -2.33. The molecule has 1 N–H and O–H groups in total. The van der Waals surface area contributed by atoms with Crippen LogP contribution in [0.25, 0.3) is 0 Å². The van der Waals surface area contributed by atoms with E-state index in [1.165, 1.54) is 24.0 Å². The van der Waals surface area contributed by atoms with Gasteiger partial charge in [-0.1, -0.05) is 45.0 Å². The first-order valence-electron chi connectivity index (χ1n) is 6.74. The Hall–Kier alpha value is -0.820. The summed E-state index contributed by atoms with van der Waals surface area (Å²) >= 11 is 0. The lowest BCUT2D eigenvalue weighted by atomic mass is 9.85. The van der Waals surface area contributed by atoms with E-state index in [2.05, 4.69) is 57.3 Å². The van der Waals surface area contributed by atoms with Gasteiger partial charge in [-0.25, -0.2) is 0 Å². The molecule has 1 aliphatic heterocycles. The molecule has 1 fully saturated rings. The second-order valence-corrected chi connectivity index (χ2v) is 6.80. The lowest BCUT2D eigenvalue weighted by Gasteiger charge is -2.25. The van der Waals surface area contributed by atoms with Crippen molar-refractivity contribution in [3.63, 3.8) is 0 Å². The SMILES string of the molecule is CC(C)(C)Cc1ccc(C2(C)CCCN2)cc1. The van der Waals surface area contributed by atoms with Crippen LogP contribution < -0.4 is 5.32 Å². The van der Waals surface area contributed by atoms with Crippen molar-refractivity contribution in [2.75, 3.05) is 6.54 Å². The smallest absolute Gasteiger partial charge is 0.0406 e. The number of hydrogen-bond acceptors (Lipinski definition) is 1. The monoisotopic (exact) mass is 231 g/mol. The van der Waals surface area contributed by atoms with Crippen molar-refractivity contribution in [1.29, 1.82) is 0 Å². The molecule has 17 heavy (non-hydrogen) atoms. The minimum atomic E-state index is 0.209. The zero-order valence-corrected chi connectivity index (χ0v) is 11.6. The standard InChI is InChI=1S/C16H25N/c1-15(2,3)12-13-6-8-14(9-7-13)16(4)10-5-11-17-16/h6-9,17H,5,10-12H2,1-4H3. The van der Waals surface area contributed by atoms with Crippen molar-refractivity contribution >= 4 is 0 Å². The Kier molecular flexibility index (Phi) is 3.31. The van der Waals surface area contributed by atoms with E-state index in [1.54, 1.807) is 0 Å². The molecule has 2 rings (SSSR count). The van der Waals surface area contributed by atoms with E-state index in [4.69, 9.17) is 0 Å². The molecule has 0 aromatic heterocycles. The molecule has 0 aliphatic carbocycles. The second kappa shape index (κ2) is 4.45. The molecule has 0 radical (unpaired) electrons. The fourth-order valence-corrected chi connectivity index (χ4v) is 2.74. The van der Waals surface area contributed by atoms with Crippen molar-refractivity contribution in [1.82, 2.24) is 5.32 Å². The third-order valence-electron chi connectivity index (χ3n) is 3.69. The zero-order chi connectivity index (χ0) is 12.5. The van der Waals surface area contributed by atoms with Gasteiger partial charge in [-0.05, 0) is 49.3 Å². The molecule has 1 aromatic rings. The molecule has 94 valence electrons. The number of rotatable bonds is 2. The highest BCUT2D eigenvalue weighted by Gasteiger charge is 2.29. The molecule has 1 heterocycles. The van der Waals surface area contributed by atoms with Gasteiger partial charge >= 0.3 is 0 Å². The first kappa shape index (κ1) is 12.6. The summed E-state index contributed by atoms with van der Waals surface area (Å²) in [6, 6.07) is 9.20. The highest BCUT2D eigenvalue weighted by Crippen LogP contribution is 2.31. The third kappa shape index (κ3) is 3.10. The van der Waals surface area contributed by atoms with Gasteiger partial charge in [0.05, 0.1) is 0 Å². The molecule has 1 unspecified atom stereocenters. The lowest BCUT2D eigenvalue weighted by molar-refractivity contribution is 0.410. The van der Waals surface area contributed by atoms with Gasteiger partial charge in [0.1, 0.15) is 0 Å². The van der Waals surface area contributed by atoms with E-state index in [0.29, 0.717) is 5.41 Å². The Morgan fingerprint density at radius 3 is 2.29 bits per heavy atom. The van der Waals surface area contributed by atoms with E-state index in [0.717, 1.165) is 13.0 Å². The van der Waals surface area contributed by atoms with Gasteiger partial charge in [0.15, 0.2) is 0 Å². The van der Waals surface area contributed by atoms with Crippen LogP contribution in [0.3, 0.4) is 0 Å². The molecule has 0 bridgehead atoms. The van der Waals surface area contributed by atoms with Gasteiger partial charge in [-0.15, -0.1) is 0 Å². The second-order valence-electron chi connectivity index (χ2n) is 6.80. The number of hydrogen-bond donors (Lipinski definition) is 1. The van der Waals surface area contributed by atoms with Crippen LogP contribution in [0.4, 0.5) is 0 Å². The summed E-state index contributed by atoms with van der Waals surface area (Å²) in [5.41, 5.74) is 3.47. The van der Waals surface area contributed by atoms with Gasteiger partial charge in [-0.3, -0.25) is 0 Å². The predicted octanol–water partition coefficient (Wildman–Crippen LogP) is 3.87. The molecule has 1 atom stereocenters. The largest absolute Gasteiger partial charge is 0.308 e. The van der Waals surface area contributed by atoms with Crippen LogP contribution in [0.2, 0.25) is 0 Å². The summed E-state index contributed by atoms with van der Waals surface area (Å²) in [4.78, 5) is 0. The Bertz CT molecular complexity index is 364. The molecular weight excluding hydrogens is 206 g/mol. The van der Waals surface area contributed by atoms with E-state index < -0.39 is 0 Å². The average Bonchev–Trinajstić information content (AvgIpc) is 2.65. The normalized spacial score (nSPS) is 25.2. The van der Waals surface area contributed by atoms with Gasteiger partial charge in [0.25, 0.3) is 0 Å². The average molecular weight is 231 g/mol. The molecule has 0 saturated carbocycles. The topological polar surface area (TPSA) is 12.0 Å². The summed E-state index contributed by atoms with van der Waals surface area (Å²) in [6.07, 6.45) is 3.70. The van der Waals surface area contributed by atoms with Crippen LogP contribution >= 0.6 is 0 Å².